The number of halogens is 1. The van der Waals surface area contributed by atoms with E-state index in [-0.39, 0.29) is 5.91 Å². The number of rotatable bonds is 5. The number of benzene rings is 2. The number of carbonyl (C=O) groups excluding carboxylic acids is 1. The van der Waals surface area contributed by atoms with Crippen LogP contribution in [0.3, 0.4) is 0 Å². The molecule has 2 heterocycles. The van der Waals surface area contributed by atoms with Crippen LogP contribution in [0.15, 0.2) is 66.9 Å². The molecule has 6 heteroatoms. The van der Waals surface area contributed by atoms with E-state index < -0.39 is 6.17 Å². The van der Waals surface area contributed by atoms with Crippen LogP contribution < -0.4 is 15.0 Å². The van der Waals surface area contributed by atoms with Crippen LogP contribution in [0.4, 0.5) is 11.4 Å². The summed E-state index contributed by atoms with van der Waals surface area (Å²) < 4.78 is 5.50. The third-order valence-electron chi connectivity index (χ3n) is 4.40. The molecule has 5 nitrogen and oxygen atoms in total. The van der Waals surface area contributed by atoms with Crippen LogP contribution in [0.2, 0.25) is 5.02 Å². The fourth-order valence-electron chi connectivity index (χ4n) is 3.18. The molecule has 3 aromatic rings. The van der Waals surface area contributed by atoms with Crippen LogP contribution in [0.1, 0.15) is 29.1 Å². The first kappa shape index (κ1) is 17.4. The Morgan fingerprint density at radius 2 is 1.89 bits per heavy atom. The van der Waals surface area contributed by atoms with E-state index in [1.807, 2.05) is 49.4 Å². The zero-order chi connectivity index (χ0) is 18.8. The summed E-state index contributed by atoms with van der Waals surface area (Å²) >= 11 is 6.31. The summed E-state index contributed by atoms with van der Waals surface area (Å²) in [7, 11) is 0. The lowest BCUT2D eigenvalue weighted by atomic mass is 10.2. The predicted octanol–water partition coefficient (Wildman–Crippen LogP) is 4.90. The van der Waals surface area contributed by atoms with Gasteiger partial charge in [-0.05, 0) is 55.5 Å². The van der Waals surface area contributed by atoms with Crippen molar-refractivity contribution >= 4 is 28.9 Å². The maximum atomic E-state index is 13.1. The molecule has 0 saturated carbocycles. The quantitative estimate of drug-likeness (QED) is 0.684. The number of aromatic nitrogens is 1. The number of carbonyl (C=O) groups is 1. The number of anilines is 2. The molecule has 1 amide bonds. The predicted molar refractivity (Wildman–Crippen MR) is 106 cm³/mol. The first-order chi connectivity index (χ1) is 13.2. The summed E-state index contributed by atoms with van der Waals surface area (Å²) in [4.78, 5) is 19.2. The van der Waals surface area contributed by atoms with Crippen molar-refractivity contribution in [2.75, 3.05) is 16.8 Å². The number of ether oxygens (including phenoxy) is 1. The number of para-hydroxylation sites is 1. The highest BCUT2D eigenvalue weighted by molar-refractivity contribution is 6.33. The van der Waals surface area contributed by atoms with E-state index in [1.165, 1.54) is 0 Å². The van der Waals surface area contributed by atoms with Crippen molar-refractivity contribution < 1.29 is 9.53 Å². The fraction of sp³-hybridized carbons (Fsp3) is 0.143. The van der Waals surface area contributed by atoms with Gasteiger partial charge in [0.15, 0.2) is 6.17 Å². The molecule has 4 rings (SSSR count). The third kappa shape index (κ3) is 3.22. The number of hydrogen-bond acceptors (Lipinski definition) is 4. The van der Waals surface area contributed by atoms with Crippen LogP contribution in [0.5, 0.6) is 5.75 Å². The second-order valence-electron chi connectivity index (χ2n) is 6.06. The smallest absolute Gasteiger partial charge is 0.262 e. The first-order valence-corrected chi connectivity index (χ1v) is 9.09. The number of nitrogens with zero attached hydrogens (tertiary/aromatic N) is 2. The second-order valence-corrected chi connectivity index (χ2v) is 6.47. The van der Waals surface area contributed by atoms with E-state index in [0.29, 0.717) is 22.9 Å². The lowest BCUT2D eigenvalue weighted by molar-refractivity contribution is 0.0993. The van der Waals surface area contributed by atoms with Crippen molar-refractivity contribution in [3.63, 3.8) is 0 Å². The minimum absolute atomic E-state index is 0.105. The van der Waals surface area contributed by atoms with E-state index in [1.54, 1.807) is 29.3 Å². The van der Waals surface area contributed by atoms with Gasteiger partial charge in [0.2, 0.25) is 0 Å². The van der Waals surface area contributed by atoms with E-state index in [0.717, 1.165) is 17.1 Å². The van der Waals surface area contributed by atoms with Gasteiger partial charge in [-0.2, -0.15) is 0 Å². The molecule has 0 saturated heterocycles. The van der Waals surface area contributed by atoms with Gasteiger partial charge in [-0.1, -0.05) is 23.7 Å². The molecule has 1 N–H and O–H groups in total. The van der Waals surface area contributed by atoms with Gasteiger partial charge in [0.05, 0.1) is 28.6 Å². The Bertz CT molecular complexity index is 975. The Balaban J connectivity index is 1.74. The van der Waals surface area contributed by atoms with Crippen molar-refractivity contribution in [1.82, 2.24) is 4.98 Å². The monoisotopic (exact) mass is 379 g/mol. The molecule has 2 aromatic carbocycles. The van der Waals surface area contributed by atoms with E-state index in [9.17, 15) is 4.79 Å². The number of fused-ring (bicyclic) bond motifs is 1. The van der Waals surface area contributed by atoms with Crippen LogP contribution in [-0.2, 0) is 0 Å². The van der Waals surface area contributed by atoms with Crippen molar-refractivity contribution in [3.8, 4) is 5.75 Å². The molecule has 0 fully saturated rings. The summed E-state index contributed by atoms with van der Waals surface area (Å²) in [5, 5.41) is 3.95. The van der Waals surface area contributed by atoms with Gasteiger partial charge >= 0.3 is 0 Å². The zero-order valence-corrected chi connectivity index (χ0v) is 15.5. The normalized spacial score (nSPS) is 15.6. The summed E-state index contributed by atoms with van der Waals surface area (Å²) in [6.45, 7) is 2.53. The molecule has 136 valence electrons. The van der Waals surface area contributed by atoms with E-state index >= 15 is 0 Å². The number of hydrogen-bond donors (Lipinski definition) is 1. The Kier molecular flexibility index (Phi) is 4.69. The van der Waals surface area contributed by atoms with Crippen molar-refractivity contribution in [3.05, 3.63) is 83.1 Å². The first-order valence-electron chi connectivity index (χ1n) is 8.71. The molecule has 27 heavy (non-hydrogen) atoms. The highest BCUT2D eigenvalue weighted by Gasteiger charge is 2.39. The Hall–Kier alpha value is -3.05. The Morgan fingerprint density at radius 1 is 1.11 bits per heavy atom. The van der Waals surface area contributed by atoms with E-state index in [2.05, 4.69) is 10.3 Å². The van der Waals surface area contributed by atoms with Crippen LogP contribution >= 0.6 is 11.6 Å². The van der Waals surface area contributed by atoms with Crippen LogP contribution in [0.25, 0.3) is 0 Å². The van der Waals surface area contributed by atoms with Crippen molar-refractivity contribution in [2.45, 2.75) is 13.1 Å². The third-order valence-corrected chi connectivity index (χ3v) is 4.73. The van der Waals surface area contributed by atoms with Gasteiger partial charge < -0.3 is 10.1 Å². The topological polar surface area (TPSA) is 54.5 Å². The van der Waals surface area contributed by atoms with Gasteiger partial charge in [0, 0.05) is 11.9 Å². The molecule has 1 atom stereocenters. The number of nitrogens with one attached hydrogen (secondary N) is 1. The van der Waals surface area contributed by atoms with Gasteiger partial charge in [-0.3, -0.25) is 14.7 Å². The zero-order valence-electron chi connectivity index (χ0n) is 14.7. The second kappa shape index (κ2) is 7.29. The summed E-state index contributed by atoms with van der Waals surface area (Å²) in [6.07, 6.45) is 1.24. The molecule has 0 spiro atoms. The molecule has 0 radical (unpaired) electrons. The van der Waals surface area contributed by atoms with Crippen LogP contribution in [0, 0.1) is 0 Å². The van der Waals surface area contributed by atoms with Gasteiger partial charge in [-0.25, -0.2) is 0 Å². The van der Waals surface area contributed by atoms with Gasteiger partial charge in [0.25, 0.3) is 5.91 Å². The Morgan fingerprint density at radius 3 is 2.63 bits per heavy atom. The molecule has 0 unspecified atom stereocenters. The van der Waals surface area contributed by atoms with E-state index in [4.69, 9.17) is 16.3 Å². The van der Waals surface area contributed by atoms with Gasteiger partial charge in [-0.15, -0.1) is 0 Å². The molecular weight excluding hydrogens is 362 g/mol. The lowest BCUT2D eigenvalue weighted by Gasteiger charge is -2.27. The molecular formula is C21H18ClN3O2. The minimum atomic E-state index is -0.452. The maximum Gasteiger partial charge on any atom is 0.262 e. The summed E-state index contributed by atoms with van der Waals surface area (Å²) in [6, 6.07) is 18.5. The molecule has 1 aromatic heterocycles. The molecule has 1 aliphatic heterocycles. The molecule has 1 aliphatic rings. The number of amides is 1. The lowest BCUT2D eigenvalue weighted by Crippen LogP contribution is -2.32. The highest BCUT2D eigenvalue weighted by Crippen LogP contribution is 2.38. The largest absolute Gasteiger partial charge is 0.494 e. The average Bonchev–Trinajstić information content (AvgIpc) is 2.97. The molecule has 0 bridgehead atoms. The van der Waals surface area contributed by atoms with Crippen molar-refractivity contribution in [1.29, 1.82) is 0 Å². The number of pyridine rings is 1. The fourth-order valence-corrected chi connectivity index (χ4v) is 3.37. The Labute approximate surface area is 162 Å². The highest BCUT2D eigenvalue weighted by atomic mass is 35.5. The van der Waals surface area contributed by atoms with Crippen LogP contribution in [-0.4, -0.2) is 17.5 Å². The minimum Gasteiger partial charge on any atom is -0.494 e. The van der Waals surface area contributed by atoms with Crippen molar-refractivity contribution in [2.24, 2.45) is 0 Å². The SMILES string of the molecule is CCOc1ccc(N2C(=O)c3cccnc3[C@@H]2Nc2ccccc2Cl)cc1. The average molecular weight is 380 g/mol. The summed E-state index contributed by atoms with van der Waals surface area (Å²) in [5.74, 6) is 0.658. The maximum absolute atomic E-state index is 13.1. The molecule has 0 aliphatic carbocycles. The standard InChI is InChI=1S/C21H18ClN3O2/c1-2-27-15-11-9-14(10-12-15)25-20(24-18-8-4-3-7-17(18)22)19-16(21(25)26)6-5-13-23-19/h3-13,20,24H,2H2,1H3/t20-/m1/s1. The summed E-state index contributed by atoms with van der Waals surface area (Å²) in [5.41, 5.74) is 2.75. The van der Waals surface area contributed by atoms with Gasteiger partial charge in [0.1, 0.15) is 5.75 Å².